The largest absolute Gasteiger partial charge is 0.532 e. The maximum atomic E-state index is 11.9. The van der Waals surface area contributed by atoms with E-state index >= 15 is 0 Å². The van der Waals surface area contributed by atoms with Gasteiger partial charge in [0.15, 0.2) is 4.84 Å². The molecule has 0 saturated carbocycles. The summed E-state index contributed by atoms with van der Waals surface area (Å²) in [5, 5.41) is 0. The van der Waals surface area contributed by atoms with Gasteiger partial charge in [-0.25, -0.2) is 4.57 Å². The van der Waals surface area contributed by atoms with E-state index in [2.05, 4.69) is 6.58 Å². The van der Waals surface area contributed by atoms with Crippen LogP contribution in [0.2, 0.25) is 0 Å². The summed E-state index contributed by atoms with van der Waals surface area (Å²) in [5.74, 6) is -0.346. The van der Waals surface area contributed by atoms with Crippen LogP contribution in [0.4, 0.5) is 0 Å². The fraction of sp³-hybridized carbons (Fsp3) is 0.750. The van der Waals surface area contributed by atoms with E-state index in [1.165, 1.54) is 0 Å². The predicted molar refractivity (Wildman–Crippen MR) is 67.3 cm³/mol. The van der Waals surface area contributed by atoms with Crippen LogP contribution >= 0.6 is 42.6 Å². The summed E-state index contributed by atoms with van der Waals surface area (Å²) in [4.78, 5) is -0.990. The molecule has 0 saturated heterocycles. The van der Waals surface area contributed by atoms with Gasteiger partial charge >= 0.3 is 7.82 Å². The minimum Gasteiger partial charge on any atom is -0.443 e. The van der Waals surface area contributed by atoms with Crippen molar-refractivity contribution in [1.82, 2.24) is 0 Å². The summed E-state index contributed by atoms with van der Waals surface area (Å²) < 4.78 is 31.2. The Morgan fingerprint density at radius 2 is 1.71 bits per heavy atom. The van der Waals surface area contributed by atoms with Crippen molar-refractivity contribution in [2.24, 2.45) is 0 Å². The molecule has 0 aliphatic heterocycles. The van der Waals surface area contributed by atoms with Gasteiger partial charge in [-0.1, -0.05) is 34.8 Å². The normalized spacial score (nSPS) is 13.5. The van der Waals surface area contributed by atoms with Gasteiger partial charge in [0.1, 0.15) is 0 Å². The van der Waals surface area contributed by atoms with Crippen molar-refractivity contribution in [1.29, 1.82) is 0 Å². The van der Waals surface area contributed by atoms with Crippen LogP contribution in [0.15, 0.2) is 12.5 Å². The monoisotopic (exact) mass is 326 g/mol. The van der Waals surface area contributed by atoms with Gasteiger partial charge in [0.25, 0.3) is 5.95 Å². The number of alkyl halides is 3. The van der Waals surface area contributed by atoms with Gasteiger partial charge in [0, 0.05) is 0 Å². The van der Waals surface area contributed by atoms with Crippen LogP contribution in [0.25, 0.3) is 0 Å². The maximum absolute atomic E-state index is 11.9. The summed E-state index contributed by atoms with van der Waals surface area (Å²) >= 11 is 16.5. The Bertz CT molecular complexity index is 276. The number of hydrogen-bond donors (Lipinski definition) is 0. The first-order valence-corrected chi connectivity index (χ1v) is 7.48. The molecule has 0 fully saturated rings. The Hall–Kier alpha value is 0.360. The zero-order valence-electron chi connectivity index (χ0n) is 9.40. The minimum absolute atomic E-state index is 0.141. The molecule has 0 aromatic carbocycles. The van der Waals surface area contributed by atoms with E-state index in [9.17, 15) is 4.57 Å². The van der Waals surface area contributed by atoms with Crippen molar-refractivity contribution >= 4 is 42.6 Å². The molecular weight excluding hydrogens is 313 g/mol. The molecule has 0 aromatic rings. The topological polar surface area (TPSA) is 54.0 Å². The van der Waals surface area contributed by atoms with E-state index in [1.54, 1.807) is 13.8 Å². The molecule has 0 N–H and O–H groups in total. The summed E-state index contributed by atoms with van der Waals surface area (Å²) in [6.07, 6.45) is 0. The van der Waals surface area contributed by atoms with E-state index in [0.29, 0.717) is 0 Å². The molecule has 1 unspecified atom stereocenters. The maximum Gasteiger partial charge on any atom is 0.532 e. The van der Waals surface area contributed by atoms with Crippen LogP contribution in [0.1, 0.15) is 13.8 Å². The number of halogens is 3. The second-order valence-electron chi connectivity index (χ2n) is 2.55. The van der Waals surface area contributed by atoms with Crippen LogP contribution in [0.3, 0.4) is 0 Å². The molecule has 5 nitrogen and oxygen atoms in total. The first kappa shape index (κ1) is 17.4. The first-order valence-electron chi connectivity index (χ1n) is 4.71. The molecule has 0 aromatic heterocycles. The summed E-state index contributed by atoms with van der Waals surface area (Å²) in [6.45, 7) is 6.90. The lowest BCUT2D eigenvalue weighted by atomic mass is 10.8. The van der Waals surface area contributed by atoms with Crippen molar-refractivity contribution in [3.63, 3.8) is 0 Å². The molecule has 0 aliphatic rings. The van der Waals surface area contributed by atoms with Crippen LogP contribution < -0.4 is 0 Å². The van der Waals surface area contributed by atoms with Crippen LogP contribution in [-0.2, 0) is 22.9 Å². The zero-order valence-corrected chi connectivity index (χ0v) is 12.6. The van der Waals surface area contributed by atoms with E-state index in [0.717, 1.165) is 0 Å². The highest BCUT2D eigenvalue weighted by Gasteiger charge is 2.29. The molecule has 17 heavy (non-hydrogen) atoms. The van der Waals surface area contributed by atoms with Gasteiger partial charge in [0.05, 0.1) is 13.2 Å². The molecule has 0 spiro atoms. The smallest absolute Gasteiger partial charge is 0.443 e. The van der Waals surface area contributed by atoms with Crippen molar-refractivity contribution in [2.75, 3.05) is 13.2 Å². The number of phosphoric ester groups is 1. The predicted octanol–water partition coefficient (Wildman–Crippen LogP) is 4.04. The third-order valence-corrected chi connectivity index (χ3v) is 3.86. The highest BCUT2D eigenvalue weighted by atomic mass is 35.5. The first-order chi connectivity index (χ1) is 7.84. The van der Waals surface area contributed by atoms with E-state index in [4.69, 9.17) is 53.1 Å². The molecule has 9 heteroatoms. The molecule has 102 valence electrons. The molecule has 0 bridgehead atoms. The standard InChI is InChI=1S/C8H14Cl3O5P/c1-4-13-17(12,14-5-2)16-6(3)15-8(11)7(9)10/h7-8H,3-5H2,1-2H3. The van der Waals surface area contributed by atoms with Crippen LogP contribution in [0.5, 0.6) is 0 Å². The molecule has 1 atom stereocenters. The third-order valence-electron chi connectivity index (χ3n) is 1.23. The number of rotatable bonds is 9. The number of ether oxygens (including phenoxy) is 1. The van der Waals surface area contributed by atoms with Gasteiger partial charge in [-0.05, 0) is 20.4 Å². The highest BCUT2D eigenvalue weighted by molar-refractivity contribution is 7.48. The van der Waals surface area contributed by atoms with Gasteiger partial charge in [-0.15, -0.1) is 0 Å². The van der Waals surface area contributed by atoms with Gasteiger partial charge in [0.2, 0.25) is 5.56 Å². The second kappa shape index (κ2) is 8.46. The number of hydrogen-bond acceptors (Lipinski definition) is 5. The molecule has 0 radical (unpaired) electrons. The van der Waals surface area contributed by atoms with Crippen molar-refractivity contribution in [2.45, 2.75) is 24.2 Å². The van der Waals surface area contributed by atoms with Gasteiger partial charge in [-0.2, -0.15) is 0 Å². The lowest BCUT2D eigenvalue weighted by Gasteiger charge is -2.20. The van der Waals surface area contributed by atoms with Crippen molar-refractivity contribution in [3.8, 4) is 0 Å². The Morgan fingerprint density at radius 1 is 1.24 bits per heavy atom. The summed E-state index contributed by atoms with van der Waals surface area (Å²) in [5.41, 5.74) is -1.08. The summed E-state index contributed by atoms with van der Waals surface area (Å²) in [6, 6.07) is 0. The fourth-order valence-corrected chi connectivity index (χ4v) is 2.04. The average Bonchev–Trinajstić information content (AvgIpc) is 2.16. The van der Waals surface area contributed by atoms with E-state index in [1.807, 2.05) is 0 Å². The zero-order chi connectivity index (χ0) is 13.5. The number of phosphoric acid groups is 1. The Kier molecular flexibility index (Phi) is 8.64. The van der Waals surface area contributed by atoms with Crippen LogP contribution in [0, 0.1) is 0 Å². The third kappa shape index (κ3) is 7.39. The Balaban J connectivity index is 4.36. The van der Waals surface area contributed by atoms with Crippen molar-refractivity contribution in [3.05, 3.63) is 12.5 Å². The highest BCUT2D eigenvalue weighted by Crippen LogP contribution is 2.51. The molecular formula is C8H14Cl3O5P. The lowest BCUT2D eigenvalue weighted by Crippen LogP contribution is -2.14. The molecule has 0 amide bonds. The SMILES string of the molecule is C=C(OC(Cl)C(Cl)Cl)OP(=O)(OCC)OCC. The summed E-state index contributed by atoms with van der Waals surface area (Å²) in [7, 11) is -3.73. The molecule has 0 heterocycles. The van der Waals surface area contributed by atoms with Gasteiger partial charge in [-0.3, -0.25) is 9.05 Å². The van der Waals surface area contributed by atoms with Crippen LogP contribution in [-0.4, -0.2) is 23.6 Å². The second-order valence-corrected chi connectivity index (χ2v) is 5.74. The van der Waals surface area contributed by atoms with E-state index < -0.39 is 18.2 Å². The molecule has 0 rings (SSSR count). The van der Waals surface area contributed by atoms with E-state index in [-0.39, 0.29) is 19.2 Å². The average molecular weight is 328 g/mol. The Morgan fingerprint density at radius 3 is 2.06 bits per heavy atom. The quantitative estimate of drug-likeness (QED) is 0.363. The minimum atomic E-state index is -3.73. The van der Waals surface area contributed by atoms with Gasteiger partial charge < -0.3 is 9.26 Å². The fourth-order valence-electron chi connectivity index (χ4n) is 0.729. The molecule has 0 aliphatic carbocycles. The Labute approximate surface area is 116 Å². The van der Waals surface area contributed by atoms with Crippen molar-refractivity contribution < 1.29 is 22.9 Å². The lowest BCUT2D eigenvalue weighted by molar-refractivity contribution is 0.0543.